The van der Waals surface area contributed by atoms with Crippen LogP contribution in [0.2, 0.25) is 0 Å². The van der Waals surface area contributed by atoms with Gasteiger partial charge in [-0.15, -0.1) is 0 Å². The minimum atomic E-state index is -2.35. The van der Waals surface area contributed by atoms with Crippen molar-refractivity contribution in [2.75, 3.05) is 16.5 Å². The van der Waals surface area contributed by atoms with Crippen LogP contribution in [0.5, 0.6) is 11.5 Å². The molecule has 9 aromatic rings. The van der Waals surface area contributed by atoms with Crippen molar-refractivity contribution >= 4 is 44.6 Å². The summed E-state index contributed by atoms with van der Waals surface area (Å²) in [5, 5.41) is 1.00. The third-order valence-corrected chi connectivity index (χ3v) is 10.8. The number of rotatable bonds is 7. The Kier molecular flexibility index (Phi) is 6.69. The smallest absolute Gasteiger partial charge is 0.137 e. The highest BCUT2D eigenvalue weighted by atomic mass is 16.5. The fraction of sp³-hybridized carbons (Fsp3) is 0.113. The molecule has 58 heavy (non-hydrogen) atoms. The van der Waals surface area contributed by atoms with Gasteiger partial charge in [-0.25, -0.2) is 4.98 Å². The second kappa shape index (κ2) is 14.1. The van der Waals surface area contributed by atoms with Crippen molar-refractivity contribution in [3.8, 4) is 39.6 Å². The summed E-state index contributed by atoms with van der Waals surface area (Å²) in [7, 11) is 0. The first kappa shape index (κ1) is 27.5. The van der Waals surface area contributed by atoms with Crippen LogP contribution < -0.4 is 14.5 Å². The van der Waals surface area contributed by atoms with E-state index in [0.717, 1.165) is 44.9 Å². The number of anilines is 4. The molecule has 0 radical (unpaired) electrons. The van der Waals surface area contributed by atoms with Gasteiger partial charge in [0.05, 0.1) is 34.9 Å². The highest BCUT2D eigenvalue weighted by molar-refractivity contribution is 6.09. The van der Waals surface area contributed by atoms with Crippen molar-refractivity contribution in [3.63, 3.8) is 0 Å². The first-order valence-corrected chi connectivity index (χ1v) is 19.3. The fourth-order valence-corrected chi connectivity index (χ4v) is 8.02. The number of hydrogen-bond acceptors (Lipinski definition) is 4. The molecular formula is C53H44N4O. The van der Waals surface area contributed by atoms with E-state index >= 15 is 0 Å². The summed E-state index contributed by atoms with van der Waals surface area (Å²) in [6.07, 6.45) is 1.72. The van der Waals surface area contributed by atoms with Crippen molar-refractivity contribution in [1.29, 1.82) is 0 Å². The topological polar surface area (TPSA) is 33.5 Å². The van der Waals surface area contributed by atoms with Gasteiger partial charge >= 0.3 is 0 Å². The summed E-state index contributed by atoms with van der Waals surface area (Å²) in [4.78, 5) is 9.05. The van der Waals surface area contributed by atoms with Crippen molar-refractivity contribution in [1.82, 2.24) is 9.55 Å². The van der Waals surface area contributed by atoms with Crippen molar-refractivity contribution in [3.05, 3.63) is 193 Å². The molecule has 0 bridgehead atoms. The third-order valence-electron chi connectivity index (χ3n) is 10.8. The van der Waals surface area contributed by atoms with Crippen molar-refractivity contribution in [2.45, 2.75) is 33.0 Å². The average Bonchev–Trinajstić information content (AvgIpc) is 3.86. The molecule has 0 saturated carbocycles. The van der Waals surface area contributed by atoms with Gasteiger partial charge in [0, 0.05) is 50.0 Å². The first-order chi connectivity index (χ1) is 31.6. The predicted octanol–water partition coefficient (Wildman–Crippen LogP) is 14.2. The average molecular weight is 761 g/mol. The van der Waals surface area contributed by atoms with Gasteiger partial charge in [0.1, 0.15) is 24.0 Å². The van der Waals surface area contributed by atoms with E-state index in [2.05, 4.69) is 36.6 Å². The van der Waals surface area contributed by atoms with Crippen LogP contribution in [0.4, 0.5) is 22.7 Å². The van der Waals surface area contributed by atoms with Gasteiger partial charge in [0.25, 0.3) is 0 Å². The number of benzene rings is 7. The van der Waals surface area contributed by atoms with E-state index in [1.54, 1.807) is 41.1 Å². The Balaban J connectivity index is 1.09. The zero-order valence-electron chi connectivity index (χ0n) is 40.3. The minimum absolute atomic E-state index is 0.137. The lowest BCUT2D eigenvalue weighted by Crippen LogP contribution is -2.25. The molecule has 0 N–H and O–H groups in total. The molecule has 0 saturated heterocycles. The molecule has 5 nitrogen and oxygen atoms in total. The van der Waals surface area contributed by atoms with E-state index in [1.807, 2.05) is 109 Å². The molecule has 7 aromatic carbocycles. The molecule has 0 fully saturated rings. The van der Waals surface area contributed by atoms with Gasteiger partial charge in [0.2, 0.25) is 0 Å². The number of ether oxygens (including phenoxy) is 1. The number of para-hydroxylation sites is 3. The molecule has 0 aliphatic carbocycles. The molecule has 0 unspecified atom stereocenters. The summed E-state index contributed by atoms with van der Waals surface area (Å²) in [5.41, 5.74) is 8.61. The molecule has 0 atom stereocenters. The van der Waals surface area contributed by atoms with E-state index in [4.69, 9.17) is 20.7 Å². The van der Waals surface area contributed by atoms with Gasteiger partial charge in [0.15, 0.2) is 0 Å². The normalized spacial score (nSPS) is 14.9. The molecule has 5 heteroatoms. The van der Waals surface area contributed by atoms with Gasteiger partial charge < -0.3 is 14.5 Å². The second-order valence-electron chi connectivity index (χ2n) is 15.6. The van der Waals surface area contributed by atoms with Gasteiger partial charge in [-0.05, 0) is 101 Å². The van der Waals surface area contributed by atoms with E-state index < -0.39 is 6.85 Å². The summed E-state index contributed by atoms with van der Waals surface area (Å²) in [6, 6.07) is 45.2. The van der Waals surface area contributed by atoms with Gasteiger partial charge in [-0.3, -0.25) is 4.57 Å². The Morgan fingerprint density at radius 3 is 2.00 bits per heavy atom. The zero-order valence-corrected chi connectivity index (χ0v) is 32.3. The Morgan fingerprint density at radius 2 is 1.29 bits per heavy atom. The Bertz CT molecular complexity index is 3300. The molecule has 282 valence electrons. The first-order valence-electron chi connectivity index (χ1n) is 23.3. The molecule has 0 spiro atoms. The lowest BCUT2D eigenvalue weighted by Gasteiger charge is -2.28. The van der Waals surface area contributed by atoms with Crippen LogP contribution in [-0.4, -0.2) is 16.2 Å². The summed E-state index contributed by atoms with van der Waals surface area (Å²) in [5.74, 6) is 1.35. The lowest BCUT2D eigenvalue weighted by atomic mass is 9.88. The molecule has 10 rings (SSSR count). The highest BCUT2D eigenvalue weighted by Crippen LogP contribution is 2.50. The zero-order chi connectivity index (χ0) is 46.2. The predicted molar refractivity (Wildman–Crippen MR) is 241 cm³/mol. The molecular weight excluding hydrogens is 709 g/mol. The molecule has 2 aromatic heterocycles. The van der Waals surface area contributed by atoms with Crippen LogP contribution >= 0.6 is 0 Å². The van der Waals surface area contributed by atoms with Crippen LogP contribution in [0.25, 0.3) is 49.9 Å². The van der Waals surface area contributed by atoms with E-state index in [0.29, 0.717) is 51.5 Å². The third kappa shape index (κ3) is 6.25. The molecule has 3 heterocycles. The monoisotopic (exact) mass is 760 g/mol. The fourth-order valence-electron chi connectivity index (χ4n) is 8.02. The van der Waals surface area contributed by atoms with E-state index in [-0.39, 0.29) is 41.2 Å². The second-order valence-corrected chi connectivity index (χ2v) is 15.6. The van der Waals surface area contributed by atoms with Gasteiger partial charge in [-0.2, -0.15) is 0 Å². The molecule has 1 aliphatic rings. The summed E-state index contributed by atoms with van der Waals surface area (Å²) in [6.45, 7) is 4.29. The number of fused-ring (bicyclic) bond motifs is 4. The number of pyridine rings is 1. The maximum atomic E-state index is 9.03. The van der Waals surface area contributed by atoms with Gasteiger partial charge in [-0.1, -0.05) is 118 Å². The number of hydrogen-bond donors (Lipinski definition) is 0. The lowest BCUT2D eigenvalue weighted by molar-refractivity contribution is 0.483. The number of aromatic nitrogens is 2. The van der Waals surface area contributed by atoms with Crippen molar-refractivity contribution < 1.29 is 15.7 Å². The molecule has 0 amide bonds. The highest BCUT2D eigenvalue weighted by Gasteiger charge is 2.31. The van der Waals surface area contributed by atoms with Crippen molar-refractivity contribution in [2.24, 2.45) is 0 Å². The number of aryl methyl sites for hydroxylation is 1. The maximum absolute atomic E-state index is 9.03. The summed E-state index contributed by atoms with van der Waals surface area (Å²) < 4.78 is 77.9. The number of nitrogens with zero attached hydrogens (tertiary/aromatic N) is 4. The standard InChI is InChI=1S/C53H44N4O/c1-36-30-45(37-16-7-5-8-17-37)52(46(31-36)38-18-9-6-10-19-38)56-35-55(48-24-13-14-25-49(48)56)40-20-15-21-41(33-40)58-42-26-27-44-43-22-11-12-23-47(43)57(50(44)34-42)51-32-39(28-29-54-51)53(2,3)4/h5-34H,35H2,1-4H3/i1D3,11D,12D,15D,22D,23D. The SMILES string of the molecule is [2H]c1cc(Oc2ccc3c4c([2H])c([2H])c([2H])c([2H])c4n(-c4cc(C(C)(C)C)ccn4)c3c2)cc(N2CN(c3c(-c4ccccc4)cc(C([2H])([2H])[2H])cc3-c3ccccc3)c3ccccc32)c1. The Morgan fingerprint density at radius 1 is 0.621 bits per heavy atom. The Labute approximate surface area is 351 Å². The van der Waals surface area contributed by atoms with E-state index in [9.17, 15) is 0 Å². The van der Waals surface area contributed by atoms with Crippen LogP contribution in [0.1, 0.15) is 42.9 Å². The minimum Gasteiger partial charge on any atom is -0.457 e. The van der Waals surface area contributed by atoms with Crippen LogP contribution in [-0.2, 0) is 5.41 Å². The Hall–Kier alpha value is -7.11. The quantitative estimate of drug-likeness (QED) is 0.162. The summed E-state index contributed by atoms with van der Waals surface area (Å²) >= 11 is 0. The largest absolute Gasteiger partial charge is 0.457 e. The molecule has 1 aliphatic heterocycles. The van der Waals surface area contributed by atoms with Crippen LogP contribution in [0.15, 0.2) is 182 Å². The van der Waals surface area contributed by atoms with E-state index in [1.165, 1.54) is 0 Å². The van der Waals surface area contributed by atoms with Crippen LogP contribution in [0, 0.1) is 6.85 Å². The van der Waals surface area contributed by atoms with Crippen LogP contribution in [0.3, 0.4) is 0 Å². The maximum Gasteiger partial charge on any atom is 0.137 e.